The maximum Gasteiger partial charge on any atom is 0.0460 e. The highest BCUT2D eigenvalue weighted by molar-refractivity contribution is 4.85. The summed E-state index contributed by atoms with van der Waals surface area (Å²) in [4.78, 5) is 0. The van der Waals surface area contributed by atoms with Gasteiger partial charge in [0.25, 0.3) is 0 Å². The van der Waals surface area contributed by atoms with Gasteiger partial charge in [-0.25, -0.2) is 0 Å². The molecule has 0 radical (unpaired) electrons. The van der Waals surface area contributed by atoms with Gasteiger partial charge in [-0.2, -0.15) is 0 Å². The van der Waals surface area contributed by atoms with Crippen molar-refractivity contribution in [1.29, 1.82) is 0 Å². The summed E-state index contributed by atoms with van der Waals surface area (Å²) in [7, 11) is 0. The first-order valence-corrected chi connectivity index (χ1v) is 4.00. The molecule has 1 aliphatic heterocycles. The Labute approximate surface area is 62.6 Å². The van der Waals surface area contributed by atoms with Gasteiger partial charge in [-0.1, -0.05) is 0 Å². The predicted molar refractivity (Wildman–Crippen MR) is 41.9 cm³/mol. The topological polar surface area (TPSA) is 32.3 Å². The van der Waals surface area contributed by atoms with Crippen molar-refractivity contribution in [2.75, 3.05) is 13.2 Å². The molecule has 60 valence electrons. The van der Waals surface area contributed by atoms with E-state index < -0.39 is 0 Å². The molecule has 1 rings (SSSR count). The second-order valence-electron chi connectivity index (χ2n) is 3.85. The molecule has 1 heterocycles. The second kappa shape index (κ2) is 2.89. The summed E-state index contributed by atoms with van der Waals surface area (Å²) in [5.41, 5.74) is 0.242. The van der Waals surface area contributed by atoms with Gasteiger partial charge >= 0.3 is 0 Å². The van der Waals surface area contributed by atoms with Crippen molar-refractivity contribution in [2.24, 2.45) is 5.92 Å². The SMILES string of the molecule is CC1(C)C[C@H](CO)CCN1. The minimum absolute atomic E-state index is 0.242. The van der Waals surface area contributed by atoms with Crippen molar-refractivity contribution in [3.05, 3.63) is 0 Å². The molecule has 0 aromatic heterocycles. The van der Waals surface area contributed by atoms with Gasteiger partial charge in [-0.3, -0.25) is 0 Å². The first-order chi connectivity index (χ1) is 4.64. The smallest absolute Gasteiger partial charge is 0.0460 e. The number of aliphatic hydroxyl groups is 1. The Morgan fingerprint density at radius 1 is 1.60 bits per heavy atom. The van der Waals surface area contributed by atoms with Crippen LogP contribution in [0.1, 0.15) is 26.7 Å². The number of aliphatic hydroxyl groups excluding tert-OH is 1. The van der Waals surface area contributed by atoms with Crippen LogP contribution in [0.2, 0.25) is 0 Å². The molecule has 1 aliphatic rings. The largest absolute Gasteiger partial charge is 0.396 e. The molecule has 2 heteroatoms. The lowest BCUT2D eigenvalue weighted by Crippen LogP contribution is -2.46. The molecule has 1 saturated heterocycles. The highest BCUT2D eigenvalue weighted by atomic mass is 16.3. The van der Waals surface area contributed by atoms with Gasteiger partial charge in [0.15, 0.2) is 0 Å². The maximum absolute atomic E-state index is 8.90. The van der Waals surface area contributed by atoms with Gasteiger partial charge < -0.3 is 10.4 Å². The van der Waals surface area contributed by atoms with E-state index in [4.69, 9.17) is 5.11 Å². The van der Waals surface area contributed by atoms with E-state index in [1.165, 1.54) is 0 Å². The van der Waals surface area contributed by atoms with Crippen LogP contribution in [0, 0.1) is 5.92 Å². The fourth-order valence-corrected chi connectivity index (χ4v) is 1.67. The maximum atomic E-state index is 8.90. The normalized spacial score (nSPS) is 32.1. The molecule has 1 fully saturated rings. The molecular formula is C8H17NO. The van der Waals surface area contributed by atoms with Crippen LogP contribution in [0.25, 0.3) is 0 Å². The molecule has 2 nitrogen and oxygen atoms in total. The Balaban J connectivity index is 2.40. The second-order valence-corrected chi connectivity index (χ2v) is 3.85. The zero-order valence-corrected chi connectivity index (χ0v) is 6.85. The van der Waals surface area contributed by atoms with Crippen LogP contribution < -0.4 is 5.32 Å². The van der Waals surface area contributed by atoms with E-state index in [1.54, 1.807) is 0 Å². The van der Waals surface area contributed by atoms with Crippen LogP contribution in [0.4, 0.5) is 0 Å². The Morgan fingerprint density at radius 3 is 2.70 bits per heavy atom. The molecule has 0 spiro atoms. The fraction of sp³-hybridized carbons (Fsp3) is 1.00. The average molecular weight is 143 g/mol. The molecule has 0 aromatic carbocycles. The lowest BCUT2D eigenvalue weighted by Gasteiger charge is -2.35. The third kappa shape index (κ3) is 1.96. The number of rotatable bonds is 1. The minimum Gasteiger partial charge on any atom is -0.396 e. The van der Waals surface area contributed by atoms with Crippen molar-refractivity contribution in [3.8, 4) is 0 Å². The van der Waals surface area contributed by atoms with E-state index in [0.29, 0.717) is 12.5 Å². The first kappa shape index (κ1) is 8.02. The Kier molecular flexibility index (Phi) is 2.32. The molecule has 0 saturated carbocycles. The van der Waals surface area contributed by atoms with Crippen LogP contribution in [0.5, 0.6) is 0 Å². The quantitative estimate of drug-likeness (QED) is 0.568. The van der Waals surface area contributed by atoms with Gasteiger partial charge in [-0.05, 0) is 39.2 Å². The van der Waals surface area contributed by atoms with Crippen LogP contribution >= 0.6 is 0 Å². The monoisotopic (exact) mass is 143 g/mol. The Bertz CT molecular complexity index is 112. The molecule has 2 N–H and O–H groups in total. The van der Waals surface area contributed by atoms with Crippen LogP contribution in [0.3, 0.4) is 0 Å². The highest BCUT2D eigenvalue weighted by Gasteiger charge is 2.26. The molecule has 10 heavy (non-hydrogen) atoms. The molecule has 0 bridgehead atoms. The van der Waals surface area contributed by atoms with Gasteiger partial charge in [0.05, 0.1) is 0 Å². The van der Waals surface area contributed by atoms with Gasteiger partial charge in [0.1, 0.15) is 0 Å². The summed E-state index contributed by atoms with van der Waals surface area (Å²) >= 11 is 0. The van der Waals surface area contributed by atoms with E-state index in [2.05, 4.69) is 19.2 Å². The molecule has 0 amide bonds. The minimum atomic E-state index is 0.242. The van der Waals surface area contributed by atoms with Crippen molar-refractivity contribution in [3.63, 3.8) is 0 Å². The standard InChI is InChI=1S/C8H17NO/c1-8(2)5-7(6-10)3-4-9-8/h7,9-10H,3-6H2,1-2H3/t7-/m1/s1. The third-order valence-electron chi connectivity index (χ3n) is 2.21. The summed E-state index contributed by atoms with van der Waals surface area (Å²) in [6.45, 7) is 5.78. The number of hydrogen-bond donors (Lipinski definition) is 2. The molecule has 0 unspecified atom stereocenters. The summed E-state index contributed by atoms with van der Waals surface area (Å²) in [5, 5.41) is 12.3. The molecule has 0 aromatic rings. The van der Waals surface area contributed by atoms with Crippen LogP contribution in [-0.4, -0.2) is 23.8 Å². The first-order valence-electron chi connectivity index (χ1n) is 4.00. The third-order valence-corrected chi connectivity index (χ3v) is 2.21. The van der Waals surface area contributed by atoms with Crippen molar-refractivity contribution in [1.82, 2.24) is 5.32 Å². The molecule has 0 aliphatic carbocycles. The predicted octanol–water partition coefficient (Wildman–Crippen LogP) is 0.757. The molecule has 1 atom stereocenters. The fourth-order valence-electron chi connectivity index (χ4n) is 1.67. The van der Waals surface area contributed by atoms with Crippen molar-refractivity contribution >= 4 is 0 Å². The number of piperidine rings is 1. The van der Waals surface area contributed by atoms with Crippen molar-refractivity contribution in [2.45, 2.75) is 32.2 Å². The van der Waals surface area contributed by atoms with Gasteiger partial charge in [0.2, 0.25) is 0 Å². The van der Waals surface area contributed by atoms with Crippen LogP contribution in [0.15, 0.2) is 0 Å². The summed E-state index contributed by atoms with van der Waals surface area (Å²) in [6.07, 6.45) is 2.23. The lowest BCUT2D eigenvalue weighted by atomic mass is 9.85. The van der Waals surface area contributed by atoms with E-state index in [0.717, 1.165) is 19.4 Å². The van der Waals surface area contributed by atoms with E-state index in [1.807, 2.05) is 0 Å². The Hall–Kier alpha value is -0.0800. The zero-order valence-electron chi connectivity index (χ0n) is 6.85. The van der Waals surface area contributed by atoms with E-state index >= 15 is 0 Å². The van der Waals surface area contributed by atoms with Crippen LogP contribution in [-0.2, 0) is 0 Å². The van der Waals surface area contributed by atoms with E-state index in [-0.39, 0.29) is 5.54 Å². The average Bonchev–Trinajstić information content (AvgIpc) is 1.86. The van der Waals surface area contributed by atoms with E-state index in [9.17, 15) is 0 Å². The summed E-state index contributed by atoms with van der Waals surface area (Å²) < 4.78 is 0. The lowest BCUT2D eigenvalue weighted by molar-refractivity contribution is 0.147. The molecular weight excluding hydrogens is 126 g/mol. The Morgan fingerprint density at radius 2 is 2.30 bits per heavy atom. The summed E-state index contributed by atoms with van der Waals surface area (Å²) in [6, 6.07) is 0. The van der Waals surface area contributed by atoms with Gasteiger partial charge in [-0.15, -0.1) is 0 Å². The zero-order chi connectivity index (χ0) is 7.61. The highest BCUT2D eigenvalue weighted by Crippen LogP contribution is 2.22. The van der Waals surface area contributed by atoms with Crippen molar-refractivity contribution < 1.29 is 5.11 Å². The summed E-state index contributed by atoms with van der Waals surface area (Å²) in [5.74, 6) is 0.524. The number of nitrogens with one attached hydrogen (secondary N) is 1. The van der Waals surface area contributed by atoms with Gasteiger partial charge in [0, 0.05) is 12.1 Å². The number of hydrogen-bond acceptors (Lipinski definition) is 2.